The molecule has 2 rings (SSSR count). The van der Waals surface area contributed by atoms with Crippen molar-refractivity contribution in [2.75, 3.05) is 26.2 Å². The van der Waals surface area contributed by atoms with Crippen LogP contribution < -0.4 is 5.11 Å². The van der Waals surface area contributed by atoms with E-state index in [0.717, 1.165) is 12.1 Å². The molecule has 0 bridgehead atoms. The van der Waals surface area contributed by atoms with Gasteiger partial charge in [-0.05, 0) is 36.6 Å². The Morgan fingerprint density at radius 1 is 1.12 bits per heavy atom. The number of rotatable bonds is 6. The lowest BCUT2D eigenvalue weighted by molar-refractivity contribution is -0.306. The fourth-order valence-electron chi connectivity index (χ4n) is 2.72. The Morgan fingerprint density at radius 3 is 2.20 bits per heavy atom. The number of aliphatic carboxylic acids is 1. The molecule has 7 nitrogen and oxygen atoms in total. The molecule has 0 saturated carbocycles. The first-order valence-electron chi connectivity index (χ1n) is 7.93. The Morgan fingerprint density at radius 2 is 1.68 bits per heavy atom. The van der Waals surface area contributed by atoms with E-state index >= 15 is 0 Å². The van der Waals surface area contributed by atoms with Gasteiger partial charge >= 0.3 is 0 Å². The van der Waals surface area contributed by atoms with Gasteiger partial charge < -0.3 is 14.8 Å². The third kappa shape index (κ3) is 4.99. The highest BCUT2D eigenvalue weighted by atomic mass is 32.2. The number of carbonyl (C=O) groups excluding carboxylic acids is 2. The Kier molecular flexibility index (Phi) is 6.12. The highest BCUT2D eigenvalue weighted by Crippen LogP contribution is 2.19. The normalized spacial score (nSPS) is 17.3. The number of nitrogens with zero attached hydrogens (tertiary/aromatic N) is 2. The van der Waals surface area contributed by atoms with Gasteiger partial charge in [-0.15, -0.1) is 0 Å². The minimum Gasteiger partial charge on any atom is -0.550 e. The van der Waals surface area contributed by atoms with E-state index in [0.29, 0.717) is 0 Å². The summed E-state index contributed by atoms with van der Waals surface area (Å²) in [6.07, 6.45) is -0.108. The number of carbonyl (C=O) groups is 2. The Labute approximate surface area is 146 Å². The number of piperazine rings is 1. The number of amides is 1. The van der Waals surface area contributed by atoms with Gasteiger partial charge in [-0.3, -0.25) is 4.79 Å². The van der Waals surface area contributed by atoms with Crippen molar-refractivity contribution in [3.63, 3.8) is 0 Å². The second-order valence-corrected chi connectivity index (χ2v) is 8.06. The summed E-state index contributed by atoms with van der Waals surface area (Å²) < 4.78 is 39.2. The van der Waals surface area contributed by atoms with Crippen molar-refractivity contribution >= 4 is 21.9 Å². The summed E-state index contributed by atoms with van der Waals surface area (Å²) in [6.45, 7) is 2.40. The number of benzene rings is 1. The van der Waals surface area contributed by atoms with Gasteiger partial charge in [0.05, 0.1) is 4.90 Å². The van der Waals surface area contributed by atoms with E-state index in [9.17, 15) is 27.5 Å². The third-order valence-electron chi connectivity index (χ3n) is 4.08. The second-order valence-electron chi connectivity index (χ2n) is 6.12. The van der Waals surface area contributed by atoms with Crippen LogP contribution in [-0.2, 0) is 19.6 Å². The van der Waals surface area contributed by atoms with Crippen LogP contribution in [0.1, 0.15) is 19.8 Å². The summed E-state index contributed by atoms with van der Waals surface area (Å²) >= 11 is 0. The molecule has 0 radical (unpaired) electrons. The molecular formula is C16H20FN2O5S-. The van der Waals surface area contributed by atoms with E-state index in [2.05, 4.69) is 0 Å². The van der Waals surface area contributed by atoms with Crippen molar-refractivity contribution < 1.29 is 27.5 Å². The monoisotopic (exact) mass is 371 g/mol. The van der Waals surface area contributed by atoms with Crippen LogP contribution in [0.4, 0.5) is 4.39 Å². The first-order valence-corrected chi connectivity index (χ1v) is 9.37. The summed E-state index contributed by atoms with van der Waals surface area (Å²) in [6, 6.07) is 4.60. The molecule has 0 aliphatic carbocycles. The maximum absolute atomic E-state index is 12.9. The van der Waals surface area contributed by atoms with Crippen molar-refractivity contribution in [3.8, 4) is 0 Å². The first kappa shape index (κ1) is 19.3. The van der Waals surface area contributed by atoms with Crippen molar-refractivity contribution in [1.29, 1.82) is 0 Å². The lowest BCUT2D eigenvalue weighted by atomic mass is 10.0. The fourth-order valence-corrected chi connectivity index (χ4v) is 4.14. The van der Waals surface area contributed by atoms with Crippen molar-refractivity contribution in [1.82, 2.24) is 9.21 Å². The third-order valence-corrected chi connectivity index (χ3v) is 5.99. The number of halogens is 1. The molecule has 1 fully saturated rings. The topological polar surface area (TPSA) is 97.8 Å². The number of sulfonamides is 1. The standard InChI is InChI=1S/C16H21FN2O5S/c1-12(11-16(21)22)10-15(20)18-6-8-19(9-7-18)25(23,24)14-4-2-13(17)3-5-14/h2-5,12H,6-11H2,1H3,(H,21,22)/p-1/t12-/m1/s1. The SMILES string of the molecule is C[C@@H](CC(=O)[O-])CC(=O)N1CCN(S(=O)(=O)c2ccc(F)cc2)CC1. The Hall–Kier alpha value is -2.00. The molecule has 138 valence electrons. The summed E-state index contributed by atoms with van der Waals surface area (Å²) in [7, 11) is -3.72. The molecule has 0 unspecified atom stereocenters. The zero-order valence-electron chi connectivity index (χ0n) is 13.9. The van der Waals surface area contributed by atoms with Crippen molar-refractivity contribution in [2.45, 2.75) is 24.7 Å². The van der Waals surface area contributed by atoms with Crippen molar-refractivity contribution in [2.24, 2.45) is 5.92 Å². The van der Waals surface area contributed by atoms with E-state index in [-0.39, 0.29) is 55.7 Å². The average Bonchev–Trinajstić information content (AvgIpc) is 2.54. The van der Waals surface area contributed by atoms with Gasteiger partial charge in [0.1, 0.15) is 5.82 Å². The molecule has 1 aromatic rings. The van der Waals surface area contributed by atoms with E-state index in [1.807, 2.05) is 0 Å². The lowest BCUT2D eigenvalue weighted by Gasteiger charge is -2.34. The molecule has 0 N–H and O–H groups in total. The van der Waals surface area contributed by atoms with Crippen LogP contribution in [0.2, 0.25) is 0 Å². The summed E-state index contributed by atoms with van der Waals surface area (Å²) in [4.78, 5) is 24.2. The molecule has 1 aliphatic rings. The van der Waals surface area contributed by atoms with Crippen LogP contribution in [0, 0.1) is 11.7 Å². The van der Waals surface area contributed by atoms with Gasteiger partial charge in [-0.1, -0.05) is 6.92 Å². The summed E-state index contributed by atoms with van der Waals surface area (Å²) in [5.74, 6) is -2.25. The minimum atomic E-state index is -3.72. The molecule has 1 heterocycles. The van der Waals surface area contributed by atoms with Gasteiger partial charge in [0.25, 0.3) is 0 Å². The smallest absolute Gasteiger partial charge is 0.243 e. The van der Waals surface area contributed by atoms with Crippen LogP contribution in [0.15, 0.2) is 29.2 Å². The van der Waals surface area contributed by atoms with E-state index in [4.69, 9.17) is 0 Å². The predicted octanol–water partition coefficient (Wildman–Crippen LogP) is -0.175. The Balaban J connectivity index is 1.93. The molecule has 1 amide bonds. The van der Waals surface area contributed by atoms with E-state index in [1.54, 1.807) is 6.92 Å². The molecule has 0 spiro atoms. The van der Waals surface area contributed by atoms with Gasteiger partial charge in [0.15, 0.2) is 0 Å². The highest BCUT2D eigenvalue weighted by Gasteiger charge is 2.30. The maximum Gasteiger partial charge on any atom is 0.243 e. The number of carboxylic acids is 1. The maximum atomic E-state index is 12.9. The van der Waals surface area contributed by atoms with E-state index in [1.165, 1.54) is 21.3 Å². The lowest BCUT2D eigenvalue weighted by Crippen LogP contribution is -2.50. The van der Waals surface area contributed by atoms with Crippen LogP contribution in [0.3, 0.4) is 0 Å². The van der Waals surface area contributed by atoms with Crippen LogP contribution in [0.5, 0.6) is 0 Å². The molecule has 0 aromatic heterocycles. The van der Waals surface area contributed by atoms with Crippen LogP contribution in [-0.4, -0.2) is 55.7 Å². The van der Waals surface area contributed by atoms with Crippen LogP contribution >= 0.6 is 0 Å². The van der Waals surface area contributed by atoms with E-state index < -0.39 is 21.8 Å². The van der Waals surface area contributed by atoms with Crippen molar-refractivity contribution in [3.05, 3.63) is 30.1 Å². The highest BCUT2D eigenvalue weighted by molar-refractivity contribution is 7.89. The van der Waals surface area contributed by atoms with Crippen LogP contribution in [0.25, 0.3) is 0 Å². The van der Waals surface area contributed by atoms with Gasteiger partial charge in [-0.25, -0.2) is 12.8 Å². The number of carboxylic acid groups (broad SMARTS) is 1. The molecule has 1 atom stereocenters. The molecule has 1 aromatic carbocycles. The molecule has 1 saturated heterocycles. The van der Waals surface area contributed by atoms with Gasteiger partial charge in [0.2, 0.25) is 15.9 Å². The minimum absolute atomic E-state index is 0.0104. The number of hydrogen-bond acceptors (Lipinski definition) is 5. The summed E-state index contributed by atoms with van der Waals surface area (Å²) in [5.41, 5.74) is 0. The molecule has 1 aliphatic heterocycles. The molecule has 9 heteroatoms. The zero-order valence-corrected chi connectivity index (χ0v) is 14.7. The molecular weight excluding hydrogens is 351 g/mol. The van der Waals surface area contributed by atoms with Gasteiger partial charge in [-0.2, -0.15) is 4.31 Å². The summed E-state index contributed by atoms with van der Waals surface area (Å²) in [5, 5.41) is 10.5. The quantitative estimate of drug-likeness (QED) is 0.691. The molecule has 25 heavy (non-hydrogen) atoms. The zero-order chi connectivity index (χ0) is 18.6. The number of hydrogen-bond donors (Lipinski definition) is 0. The fraction of sp³-hybridized carbons (Fsp3) is 0.500. The predicted molar refractivity (Wildman–Crippen MR) is 85.1 cm³/mol. The average molecular weight is 371 g/mol. The Bertz CT molecular complexity index is 727. The second kappa shape index (κ2) is 7.92. The largest absolute Gasteiger partial charge is 0.550 e. The first-order chi connectivity index (χ1) is 11.7. The van der Waals surface area contributed by atoms with Gasteiger partial charge in [0, 0.05) is 38.6 Å².